The van der Waals surface area contributed by atoms with Gasteiger partial charge in [-0.2, -0.15) is 0 Å². The van der Waals surface area contributed by atoms with Crippen LogP contribution in [0, 0.1) is 13.8 Å². The third-order valence-corrected chi connectivity index (χ3v) is 5.08. The average molecular weight is 453 g/mol. The molecule has 2 rings (SSSR count). The molecule has 1 aromatic rings. The smallest absolute Gasteiger partial charge is 0.336 e. The largest absolute Gasteiger partial charge is 0.507 e. The highest BCUT2D eigenvalue weighted by molar-refractivity contribution is 5.88. The lowest BCUT2D eigenvalue weighted by Crippen LogP contribution is -2.42. The molecular formula is C22H32N2O8. The fourth-order valence-corrected chi connectivity index (χ4v) is 3.30. The Balaban J connectivity index is 0.000000347. The number of aromatic hydroxyl groups is 1. The molecule has 0 spiro atoms. The zero-order valence-electron chi connectivity index (χ0n) is 19.0. The number of nitrogens with one attached hydrogen (secondary N) is 1. The van der Waals surface area contributed by atoms with E-state index in [1.54, 1.807) is 0 Å². The summed E-state index contributed by atoms with van der Waals surface area (Å²) in [6.07, 6.45) is -1.50. The van der Waals surface area contributed by atoms with Crippen LogP contribution in [0.15, 0.2) is 11.1 Å². The summed E-state index contributed by atoms with van der Waals surface area (Å²) in [5, 5.41) is 47.6. The average Bonchev–Trinajstić information content (AvgIpc) is 3.13. The third kappa shape index (κ3) is 7.23. The molecule has 0 saturated carbocycles. The highest BCUT2D eigenvalue weighted by Crippen LogP contribution is 2.36. The topological polar surface area (TPSA) is 177 Å². The van der Waals surface area contributed by atoms with Crippen LogP contribution in [0.25, 0.3) is 0 Å². The fourth-order valence-electron chi connectivity index (χ4n) is 3.30. The Bertz CT molecular complexity index is 899. The van der Waals surface area contributed by atoms with Gasteiger partial charge in [0.25, 0.3) is 0 Å². The number of aliphatic imine (C=N–C) groups is 1. The number of aryl methyl sites for hydroxylation is 1. The third-order valence-electron chi connectivity index (χ3n) is 5.08. The van der Waals surface area contributed by atoms with Crippen LogP contribution >= 0.6 is 0 Å². The molecule has 0 aliphatic carbocycles. The zero-order chi connectivity index (χ0) is 24.9. The molecule has 10 nitrogen and oxygen atoms in total. The van der Waals surface area contributed by atoms with Crippen molar-refractivity contribution in [2.24, 2.45) is 4.99 Å². The van der Waals surface area contributed by atoms with E-state index in [1.165, 1.54) is 11.1 Å². The first kappa shape index (κ1) is 26.9. The lowest BCUT2D eigenvalue weighted by Gasteiger charge is -2.24. The van der Waals surface area contributed by atoms with Crippen molar-refractivity contribution < 1.29 is 39.9 Å². The van der Waals surface area contributed by atoms with Gasteiger partial charge in [-0.1, -0.05) is 26.8 Å². The fraction of sp³-hybridized carbons (Fsp3) is 0.545. The summed E-state index contributed by atoms with van der Waals surface area (Å²) in [6, 6.07) is 2.12. The Labute approximate surface area is 186 Å². The number of benzene rings is 1. The molecule has 32 heavy (non-hydrogen) atoms. The molecule has 1 heterocycles. The van der Waals surface area contributed by atoms with E-state index in [1.807, 2.05) is 6.92 Å². The van der Waals surface area contributed by atoms with E-state index in [0.29, 0.717) is 5.75 Å². The van der Waals surface area contributed by atoms with Gasteiger partial charge in [0.2, 0.25) is 0 Å². The highest BCUT2D eigenvalue weighted by Gasteiger charge is 2.40. The molecule has 0 amide bonds. The van der Waals surface area contributed by atoms with Gasteiger partial charge in [-0.05, 0) is 41.5 Å². The number of hydrogen-bond acceptors (Lipinski definition) is 7. The minimum absolute atomic E-state index is 0.0404. The monoisotopic (exact) mass is 452 g/mol. The molecule has 6 N–H and O–H groups in total. The van der Waals surface area contributed by atoms with Crippen LogP contribution in [0.3, 0.4) is 0 Å². The van der Waals surface area contributed by atoms with E-state index in [2.05, 4.69) is 44.1 Å². The Hall–Kier alpha value is -3.14. The number of hydrogen-bond donors (Lipinski definition) is 6. The van der Waals surface area contributed by atoms with Gasteiger partial charge in [0.1, 0.15) is 11.6 Å². The minimum atomic E-state index is -2.74. The molecule has 1 aliphatic heterocycles. The summed E-state index contributed by atoms with van der Waals surface area (Å²) in [4.78, 5) is 34.9. The van der Waals surface area contributed by atoms with Crippen LogP contribution in [0.4, 0.5) is 0 Å². The Morgan fingerprint density at radius 2 is 1.59 bits per heavy atom. The normalized spacial score (nSPS) is 13.5. The summed E-state index contributed by atoms with van der Waals surface area (Å²) < 4.78 is 0. The van der Waals surface area contributed by atoms with E-state index in [9.17, 15) is 19.5 Å². The predicted molar refractivity (Wildman–Crippen MR) is 117 cm³/mol. The zero-order valence-corrected chi connectivity index (χ0v) is 19.0. The predicted octanol–water partition coefficient (Wildman–Crippen LogP) is 1.60. The maximum absolute atomic E-state index is 10.5. The number of carboxylic acids is 3. The summed E-state index contributed by atoms with van der Waals surface area (Å²) in [6.45, 7) is 12.3. The van der Waals surface area contributed by atoms with Gasteiger partial charge in [0.05, 0.1) is 19.4 Å². The lowest BCUT2D eigenvalue weighted by atomic mass is 9.82. The van der Waals surface area contributed by atoms with Crippen LogP contribution in [-0.4, -0.2) is 68.0 Å². The number of amidine groups is 1. The summed E-state index contributed by atoms with van der Waals surface area (Å²) in [5.74, 6) is -3.55. The first-order valence-corrected chi connectivity index (χ1v) is 10.1. The van der Waals surface area contributed by atoms with Crippen molar-refractivity contribution in [3.05, 3.63) is 28.3 Å². The van der Waals surface area contributed by atoms with Crippen molar-refractivity contribution in [2.45, 2.75) is 64.9 Å². The van der Waals surface area contributed by atoms with Gasteiger partial charge in [0, 0.05) is 13.0 Å². The molecule has 178 valence electrons. The second-order valence-corrected chi connectivity index (χ2v) is 8.85. The minimum Gasteiger partial charge on any atom is -0.507 e. The molecule has 0 bridgehead atoms. The van der Waals surface area contributed by atoms with Crippen LogP contribution in [0.2, 0.25) is 0 Å². The van der Waals surface area contributed by atoms with Crippen molar-refractivity contribution in [1.82, 2.24) is 5.32 Å². The Morgan fingerprint density at radius 3 is 1.97 bits per heavy atom. The van der Waals surface area contributed by atoms with Crippen LogP contribution in [-0.2, 0) is 26.2 Å². The number of carbonyl (C=O) groups is 3. The van der Waals surface area contributed by atoms with Crippen LogP contribution < -0.4 is 5.32 Å². The van der Waals surface area contributed by atoms with Gasteiger partial charge in [-0.3, -0.25) is 14.6 Å². The van der Waals surface area contributed by atoms with E-state index < -0.39 is 36.4 Å². The molecular weight excluding hydrogens is 420 g/mol. The number of rotatable bonds is 7. The van der Waals surface area contributed by atoms with E-state index in [-0.39, 0.29) is 5.41 Å². The molecule has 0 fully saturated rings. The molecule has 0 saturated heterocycles. The van der Waals surface area contributed by atoms with Crippen molar-refractivity contribution in [3.63, 3.8) is 0 Å². The van der Waals surface area contributed by atoms with E-state index in [0.717, 1.165) is 36.5 Å². The summed E-state index contributed by atoms with van der Waals surface area (Å²) in [7, 11) is 0. The second kappa shape index (κ2) is 10.4. The first-order chi connectivity index (χ1) is 14.6. The van der Waals surface area contributed by atoms with Crippen LogP contribution in [0.5, 0.6) is 5.75 Å². The number of aliphatic hydroxyl groups is 1. The standard InChI is InChI=1S/C16H24N2O.C6H8O7/c1-10-8-13(16(3,4)5)15(19)11(2)12(10)9-14-17-6-7-18-14;7-3(8)1-6(13,5(11)12)2-4(9)10/h8,19H,6-7,9H2,1-5H3,(H,17,18);13H,1-2H2,(H,7,8)(H,9,10)(H,11,12). The Kier molecular flexibility index (Phi) is 8.78. The van der Waals surface area contributed by atoms with Crippen molar-refractivity contribution in [3.8, 4) is 5.75 Å². The Morgan fingerprint density at radius 1 is 1.06 bits per heavy atom. The molecule has 0 atom stereocenters. The number of phenols is 1. The maximum Gasteiger partial charge on any atom is 0.336 e. The van der Waals surface area contributed by atoms with Gasteiger partial charge in [0.15, 0.2) is 5.60 Å². The molecule has 1 aromatic carbocycles. The van der Waals surface area contributed by atoms with E-state index >= 15 is 0 Å². The first-order valence-electron chi connectivity index (χ1n) is 10.1. The molecule has 0 unspecified atom stereocenters. The maximum atomic E-state index is 10.5. The van der Waals surface area contributed by atoms with Crippen LogP contribution in [0.1, 0.15) is 55.9 Å². The highest BCUT2D eigenvalue weighted by atomic mass is 16.4. The molecule has 0 aromatic heterocycles. The van der Waals surface area contributed by atoms with E-state index in [4.69, 9.17) is 20.4 Å². The quantitative estimate of drug-likeness (QED) is 0.358. The molecule has 10 heteroatoms. The summed E-state index contributed by atoms with van der Waals surface area (Å²) in [5.41, 5.74) is 1.66. The number of aliphatic carboxylic acids is 3. The number of phenolic OH excluding ortho intramolecular Hbond substituents is 1. The second-order valence-electron chi connectivity index (χ2n) is 8.85. The summed E-state index contributed by atoms with van der Waals surface area (Å²) >= 11 is 0. The molecule has 1 aliphatic rings. The van der Waals surface area contributed by atoms with Gasteiger partial charge in [-0.25, -0.2) is 4.79 Å². The SMILES string of the molecule is Cc1cc(C(C)(C)C)c(O)c(C)c1CC1=NCCN1.O=C(O)CC(O)(CC(=O)O)C(=O)O. The number of nitrogens with zero attached hydrogens (tertiary/aromatic N) is 1. The number of carboxylic acid groups (broad SMARTS) is 3. The van der Waals surface area contributed by atoms with Gasteiger partial charge < -0.3 is 30.8 Å². The van der Waals surface area contributed by atoms with Gasteiger partial charge in [-0.15, -0.1) is 0 Å². The van der Waals surface area contributed by atoms with Crippen molar-refractivity contribution >= 4 is 23.7 Å². The van der Waals surface area contributed by atoms with Gasteiger partial charge >= 0.3 is 17.9 Å². The van der Waals surface area contributed by atoms with Crippen molar-refractivity contribution in [2.75, 3.05) is 13.1 Å². The van der Waals surface area contributed by atoms with Crippen molar-refractivity contribution in [1.29, 1.82) is 0 Å². The lowest BCUT2D eigenvalue weighted by molar-refractivity contribution is -0.170. The molecule has 0 radical (unpaired) electrons.